The number of fused-ring (bicyclic) bond motifs is 1. The second-order valence-corrected chi connectivity index (χ2v) is 5.16. The highest BCUT2D eigenvalue weighted by atomic mass is 16.5. The number of amides is 1. The van der Waals surface area contributed by atoms with E-state index in [4.69, 9.17) is 16.2 Å². The lowest BCUT2D eigenvalue weighted by molar-refractivity contribution is -0.123. The van der Waals surface area contributed by atoms with Crippen molar-refractivity contribution in [2.24, 2.45) is 11.5 Å². The number of ether oxygens (including phenoxy) is 1. The number of primary amides is 1. The van der Waals surface area contributed by atoms with Gasteiger partial charge in [0.25, 0.3) is 0 Å². The zero-order valence-electron chi connectivity index (χ0n) is 10.7. The Balaban J connectivity index is 1.89. The monoisotopic (exact) mass is 248 g/mol. The van der Waals surface area contributed by atoms with Gasteiger partial charge in [-0.1, -0.05) is 6.07 Å². The number of carbonyl (C=O) groups excluding carboxylic acids is 1. The molecule has 1 aromatic carbocycles. The van der Waals surface area contributed by atoms with Gasteiger partial charge in [0.1, 0.15) is 5.75 Å². The van der Waals surface area contributed by atoms with E-state index >= 15 is 0 Å². The second kappa shape index (κ2) is 4.98. The summed E-state index contributed by atoms with van der Waals surface area (Å²) in [6.45, 7) is 2.02. The van der Waals surface area contributed by atoms with Gasteiger partial charge in [-0.15, -0.1) is 0 Å². The van der Waals surface area contributed by atoms with Crippen LogP contribution in [0.25, 0.3) is 0 Å². The van der Waals surface area contributed by atoms with E-state index in [1.54, 1.807) is 6.92 Å². The number of hydrogen-bond acceptors (Lipinski definition) is 3. The van der Waals surface area contributed by atoms with Crippen molar-refractivity contribution in [1.82, 2.24) is 0 Å². The molecular weight excluding hydrogens is 228 g/mol. The Bertz CT molecular complexity index is 455. The molecule has 0 radical (unpaired) electrons. The van der Waals surface area contributed by atoms with E-state index < -0.39 is 11.4 Å². The molecule has 1 unspecified atom stereocenters. The second-order valence-electron chi connectivity index (χ2n) is 5.16. The van der Waals surface area contributed by atoms with Crippen molar-refractivity contribution < 1.29 is 9.53 Å². The molecule has 0 aliphatic heterocycles. The van der Waals surface area contributed by atoms with Crippen molar-refractivity contribution in [3.63, 3.8) is 0 Å². The topological polar surface area (TPSA) is 78.3 Å². The first kappa shape index (κ1) is 12.9. The maximum absolute atomic E-state index is 11.1. The van der Waals surface area contributed by atoms with E-state index in [0.717, 1.165) is 18.6 Å². The molecule has 1 amide bonds. The smallest absolute Gasteiger partial charge is 0.237 e. The van der Waals surface area contributed by atoms with E-state index in [9.17, 15) is 4.79 Å². The van der Waals surface area contributed by atoms with Crippen molar-refractivity contribution in [2.75, 3.05) is 6.61 Å². The Morgan fingerprint density at radius 2 is 2.11 bits per heavy atom. The van der Waals surface area contributed by atoms with E-state index in [-0.39, 0.29) is 0 Å². The molecular formula is C14H20N2O2. The fraction of sp³-hybridized carbons (Fsp3) is 0.500. The molecule has 0 bridgehead atoms. The number of benzene rings is 1. The van der Waals surface area contributed by atoms with Crippen LogP contribution in [0.3, 0.4) is 0 Å². The minimum absolute atomic E-state index is 0.398. The van der Waals surface area contributed by atoms with Crippen LogP contribution in [0.5, 0.6) is 5.75 Å². The quantitative estimate of drug-likeness (QED) is 0.820. The summed E-state index contributed by atoms with van der Waals surface area (Å²) in [4.78, 5) is 11.1. The average molecular weight is 248 g/mol. The number of hydrogen-bond donors (Lipinski definition) is 2. The van der Waals surface area contributed by atoms with Gasteiger partial charge in [-0.3, -0.25) is 4.79 Å². The van der Waals surface area contributed by atoms with Crippen molar-refractivity contribution in [2.45, 2.75) is 38.1 Å². The van der Waals surface area contributed by atoms with Gasteiger partial charge < -0.3 is 16.2 Å². The lowest BCUT2D eigenvalue weighted by Gasteiger charge is -2.20. The summed E-state index contributed by atoms with van der Waals surface area (Å²) in [6, 6.07) is 6.18. The van der Waals surface area contributed by atoms with Crippen LogP contribution in [0.1, 0.15) is 30.9 Å². The highest BCUT2D eigenvalue weighted by Gasteiger charge is 2.25. The zero-order valence-corrected chi connectivity index (χ0v) is 10.7. The fourth-order valence-corrected chi connectivity index (χ4v) is 2.14. The lowest BCUT2D eigenvalue weighted by atomic mass is 9.99. The molecule has 18 heavy (non-hydrogen) atoms. The van der Waals surface area contributed by atoms with E-state index in [0.29, 0.717) is 13.0 Å². The largest absolute Gasteiger partial charge is 0.494 e. The van der Waals surface area contributed by atoms with Crippen LogP contribution in [-0.4, -0.2) is 18.1 Å². The SMILES string of the molecule is CC(N)(CCOc1ccc2c(c1)CCC2)C(N)=O. The molecule has 0 fully saturated rings. The minimum atomic E-state index is -1.00. The van der Waals surface area contributed by atoms with Gasteiger partial charge in [-0.2, -0.15) is 0 Å². The van der Waals surface area contributed by atoms with Gasteiger partial charge in [-0.05, 0) is 49.4 Å². The van der Waals surface area contributed by atoms with Crippen LogP contribution in [0.2, 0.25) is 0 Å². The van der Waals surface area contributed by atoms with Gasteiger partial charge >= 0.3 is 0 Å². The molecule has 0 heterocycles. The normalized spacial score (nSPS) is 17.0. The van der Waals surface area contributed by atoms with Gasteiger partial charge in [0.15, 0.2) is 0 Å². The van der Waals surface area contributed by atoms with Crippen LogP contribution in [-0.2, 0) is 17.6 Å². The Morgan fingerprint density at radius 3 is 2.83 bits per heavy atom. The summed E-state index contributed by atoms with van der Waals surface area (Å²) in [5, 5.41) is 0. The first-order valence-electron chi connectivity index (χ1n) is 6.32. The summed E-state index contributed by atoms with van der Waals surface area (Å²) in [5.41, 5.74) is 12.8. The van der Waals surface area contributed by atoms with Crippen molar-refractivity contribution >= 4 is 5.91 Å². The molecule has 4 nitrogen and oxygen atoms in total. The molecule has 98 valence electrons. The number of aryl methyl sites for hydroxylation is 2. The Hall–Kier alpha value is -1.55. The molecule has 2 rings (SSSR count). The van der Waals surface area contributed by atoms with Gasteiger partial charge in [-0.25, -0.2) is 0 Å². The van der Waals surface area contributed by atoms with Gasteiger partial charge in [0.05, 0.1) is 12.1 Å². The maximum Gasteiger partial charge on any atom is 0.237 e. The average Bonchev–Trinajstić information content (AvgIpc) is 2.75. The fourth-order valence-electron chi connectivity index (χ4n) is 2.14. The number of nitrogens with two attached hydrogens (primary N) is 2. The lowest BCUT2D eigenvalue weighted by Crippen LogP contribution is -2.50. The van der Waals surface area contributed by atoms with E-state index in [1.807, 2.05) is 6.07 Å². The molecule has 0 spiro atoms. The minimum Gasteiger partial charge on any atom is -0.494 e. The van der Waals surface area contributed by atoms with Crippen molar-refractivity contribution in [1.29, 1.82) is 0 Å². The highest BCUT2D eigenvalue weighted by molar-refractivity contribution is 5.83. The Morgan fingerprint density at radius 1 is 1.39 bits per heavy atom. The van der Waals surface area contributed by atoms with Crippen LogP contribution in [0.4, 0.5) is 0 Å². The van der Waals surface area contributed by atoms with Crippen molar-refractivity contribution in [3.05, 3.63) is 29.3 Å². The Kier molecular flexibility index (Phi) is 3.57. The standard InChI is InChI=1S/C14H20N2O2/c1-14(16,13(15)17)7-8-18-12-6-5-10-3-2-4-11(10)9-12/h5-6,9H,2-4,7-8,16H2,1H3,(H2,15,17). The maximum atomic E-state index is 11.1. The predicted molar refractivity (Wildman–Crippen MR) is 70.4 cm³/mol. The van der Waals surface area contributed by atoms with Crippen LogP contribution < -0.4 is 16.2 Å². The number of carbonyl (C=O) groups is 1. The number of rotatable bonds is 5. The first-order chi connectivity index (χ1) is 8.49. The van der Waals surface area contributed by atoms with E-state index in [2.05, 4.69) is 12.1 Å². The third-order valence-corrected chi connectivity index (χ3v) is 3.52. The molecule has 0 saturated heterocycles. The molecule has 1 aliphatic rings. The van der Waals surface area contributed by atoms with Gasteiger partial charge in [0.2, 0.25) is 5.91 Å². The van der Waals surface area contributed by atoms with Crippen molar-refractivity contribution in [3.8, 4) is 5.75 Å². The molecule has 4 N–H and O–H groups in total. The molecule has 1 aliphatic carbocycles. The summed E-state index contributed by atoms with van der Waals surface area (Å²) in [6.07, 6.45) is 3.93. The highest BCUT2D eigenvalue weighted by Crippen LogP contribution is 2.26. The predicted octanol–water partition coefficient (Wildman–Crippen LogP) is 1.15. The molecule has 0 saturated carbocycles. The summed E-state index contributed by atoms with van der Waals surface area (Å²) < 4.78 is 5.63. The van der Waals surface area contributed by atoms with Crippen LogP contribution >= 0.6 is 0 Å². The third-order valence-electron chi connectivity index (χ3n) is 3.52. The summed E-state index contributed by atoms with van der Waals surface area (Å²) >= 11 is 0. The molecule has 0 aromatic heterocycles. The summed E-state index contributed by atoms with van der Waals surface area (Å²) in [5.74, 6) is 0.343. The molecule has 1 atom stereocenters. The van der Waals surface area contributed by atoms with E-state index in [1.165, 1.54) is 17.5 Å². The molecule has 4 heteroatoms. The third kappa shape index (κ3) is 2.82. The van der Waals surface area contributed by atoms with Gasteiger partial charge in [0, 0.05) is 6.42 Å². The zero-order chi connectivity index (χ0) is 13.2. The Labute approximate surface area is 107 Å². The molecule has 1 aromatic rings. The van der Waals surface area contributed by atoms with Crippen LogP contribution in [0.15, 0.2) is 18.2 Å². The first-order valence-corrected chi connectivity index (χ1v) is 6.32. The summed E-state index contributed by atoms with van der Waals surface area (Å²) in [7, 11) is 0. The van der Waals surface area contributed by atoms with Crippen LogP contribution in [0, 0.1) is 0 Å².